The van der Waals surface area contributed by atoms with Gasteiger partial charge in [0.05, 0.1) is 0 Å². The van der Waals surface area contributed by atoms with Gasteiger partial charge in [0.2, 0.25) is 0 Å². The van der Waals surface area contributed by atoms with E-state index in [-0.39, 0.29) is 27.2 Å². The molecule has 8 heavy (non-hydrogen) atoms. The quantitative estimate of drug-likeness (QED) is 0.374. The maximum atomic E-state index is 3.49. The van der Waals surface area contributed by atoms with E-state index in [2.05, 4.69) is 13.8 Å². The monoisotopic (exact) mass is 150 g/mol. The molecule has 0 aliphatic rings. The van der Waals surface area contributed by atoms with E-state index in [0.29, 0.717) is 0 Å². The maximum absolute atomic E-state index is 3.49. The summed E-state index contributed by atoms with van der Waals surface area (Å²) < 4.78 is 0. The third-order valence-electron chi connectivity index (χ3n) is 0. The topological polar surface area (TPSA) is 28.5 Å². The summed E-state index contributed by atoms with van der Waals surface area (Å²) in [6.07, 6.45) is 2.00. The summed E-state index contributed by atoms with van der Waals surface area (Å²) in [6.45, 7) is 11.0. The summed E-state index contributed by atoms with van der Waals surface area (Å²) in [5.74, 6) is 0. The summed E-state index contributed by atoms with van der Waals surface area (Å²) in [5, 5.41) is 0. The Morgan fingerprint density at radius 1 is 1.00 bits per heavy atom. The molecule has 0 aliphatic carbocycles. The molecule has 0 N–H and O–H groups in total. The maximum Gasteiger partial charge on any atom is 4.00 e. The molecule has 0 atom stereocenters. The van der Waals surface area contributed by atoms with E-state index in [0.717, 1.165) is 12.8 Å². The zero-order valence-corrected chi connectivity index (χ0v) is 7.30. The molecule has 0 heterocycles. The first-order chi connectivity index (χ1) is 2.83. The summed E-state index contributed by atoms with van der Waals surface area (Å²) >= 11 is 0. The summed E-state index contributed by atoms with van der Waals surface area (Å²) in [4.78, 5) is 0. The predicted molar refractivity (Wildman–Crippen MR) is 32.0 cm³/mol. The minimum absolute atomic E-state index is 0. The van der Waals surface area contributed by atoms with Crippen molar-refractivity contribution in [3.63, 3.8) is 0 Å². The Kier molecular flexibility index (Phi) is 140. The minimum atomic E-state index is 0. The molecule has 0 radical (unpaired) electrons. The van der Waals surface area contributed by atoms with Gasteiger partial charge in [-0.05, 0) is 0 Å². The van der Waals surface area contributed by atoms with Gasteiger partial charge >= 0.3 is 21.7 Å². The van der Waals surface area contributed by atoms with Crippen molar-refractivity contribution < 1.29 is 27.2 Å². The van der Waals surface area contributed by atoms with E-state index in [1.807, 2.05) is 13.8 Å². The average molecular weight is 150 g/mol. The van der Waals surface area contributed by atoms with Crippen molar-refractivity contribution in [1.29, 1.82) is 0 Å². The van der Waals surface area contributed by atoms with Crippen LogP contribution in [0, 0.1) is 13.8 Å². The van der Waals surface area contributed by atoms with E-state index >= 15 is 0 Å². The molecule has 0 aliphatic heterocycles. The molecule has 0 unspecified atom stereocenters. The molecule has 0 saturated heterocycles. The Balaban J connectivity index is -0.0000000160. The molecule has 0 aromatic carbocycles. The van der Waals surface area contributed by atoms with E-state index in [4.69, 9.17) is 0 Å². The molecule has 0 spiro atoms. The first-order valence-corrected chi connectivity index (χ1v) is 2.41. The number of hydrogen-bond donors (Lipinski definition) is 0. The molecule has 0 fully saturated rings. The Hall–Kier alpha value is 0.674. The van der Waals surface area contributed by atoms with Crippen molar-refractivity contribution in [2.24, 2.45) is 0 Å². The summed E-state index contributed by atoms with van der Waals surface area (Å²) in [7, 11) is 0. The zero-order chi connectivity index (χ0) is 5.41. The zero-order valence-electron chi connectivity index (χ0n) is 5.74. The first-order valence-electron chi connectivity index (χ1n) is 2.41. The van der Waals surface area contributed by atoms with Crippen molar-refractivity contribution in [3.05, 3.63) is 13.8 Å². The van der Waals surface area contributed by atoms with E-state index in [1.54, 1.807) is 0 Å². The fourth-order valence-corrected chi connectivity index (χ4v) is 0. The number of hydrogen-bond acceptors (Lipinski definition) is 0. The largest absolute Gasteiger partial charge is 4.00 e. The van der Waals surface area contributed by atoms with Gasteiger partial charge in [-0.1, -0.05) is 13.8 Å². The Morgan fingerprint density at radius 2 is 1.00 bits per heavy atom. The Labute approximate surface area is 68.1 Å². The van der Waals surface area contributed by atoms with Crippen molar-refractivity contribution in [3.8, 4) is 0 Å². The Bertz CT molecular complexity index is 10.5. The van der Waals surface area contributed by atoms with Gasteiger partial charge in [0, 0.05) is 0 Å². The third kappa shape index (κ3) is 473. The fraction of sp³-hybridized carbons (Fsp3) is 0.667. The summed E-state index contributed by atoms with van der Waals surface area (Å²) in [6, 6.07) is 0. The molecule has 0 bridgehead atoms. The van der Waals surface area contributed by atoms with Gasteiger partial charge in [-0.3, -0.25) is 0 Å². The molecule has 1 nitrogen and oxygen atoms in total. The van der Waals surface area contributed by atoms with Crippen LogP contribution in [0.25, 0.3) is 0 Å². The average Bonchev–Trinajstić information content (AvgIpc) is 1.39. The molecule has 0 amide bonds. The molecule has 2 heteroatoms. The second kappa shape index (κ2) is 47.8. The van der Waals surface area contributed by atoms with Crippen molar-refractivity contribution in [2.75, 3.05) is 0 Å². The van der Waals surface area contributed by atoms with Crippen molar-refractivity contribution in [1.82, 2.24) is 0 Å². The van der Waals surface area contributed by atoms with Crippen molar-refractivity contribution in [2.45, 2.75) is 26.7 Å². The fourth-order valence-electron chi connectivity index (χ4n) is 0. The Morgan fingerprint density at radius 3 is 1.00 bits per heavy atom. The van der Waals surface area contributed by atoms with Crippen LogP contribution >= 0.6 is 0 Å². The third-order valence-corrected chi connectivity index (χ3v) is 0. The molecule has 0 saturated carbocycles. The second-order valence-electron chi connectivity index (χ2n) is 1.000. The number of rotatable bonds is 0. The van der Waals surface area contributed by atoms with Crippen LogP contribution < -0.4 is 0 Å². The van der Waals surface area contributed by atoms with E-state index < -0.39 is 0 Å². The minimum Gasteiger partial charge on any atom is -2.00 e. The SMILES string of the molecule is [CH2-]CC.[CH2-]CC.[O-2].[Ti+4]. The van der Waals surface area contributed by atoms with Crippen LogP contribution in [0.1, 0.15) is 26.7 Å². The normalized spacial score (nSPS) is 4.50. The van der Waals surface area contributed by atoms with Crippen LogP contribution in [0.2, 0.25) is 0 Å². The van der Waals surface area contributed by atoms with Crippen LogP contribution in [0.15, 0.2) is 0 Å². The molecule has 0 aromatic heterocycles. The molecular weight excluding hydrogens is 136 g/mol. The van der Waals surface area contributed by atoms with Gasteiger partial charge in [0.25, 0.3) is 0 Å². The van der Waals surface area contributed by atoms with E-state index in [1.165, 1.54) is 0 Å². The standard InChI is InChI=1S/2C3H7.O.Ti/c2*1-3-2;;/h2*1,3H2,2H3;;/q2*-1;-2;+4. The van der Waals surface area contributed by atoms with Crippen LogP contribution in [-0.4, -0.2) is 0 Å². The van der Waals surface area contributed by atoms with Gasteiger partial charge in [-0.25, -0.2) is 0 Å². The first kappa shape index (κ1) is 23.4. The van der Waals surface area contributed by atoms with Crippen LogP contribution in [0.5, 0.6) is 0 Å². The van der Waals surface area contributed by atoms with Crippen LogP contribution in [-0.2, 0) is 27.2 Å². The smallest absolute Gasteiger partial charge is 2.00 e. The predicted octanol–water partition coefficient (Wildman–Crippen LogP) is 2.34. The molecule has 0 aromatic rings. The second-order valence-corrected chi connectivity index (χ2v) is 1.000. The molecular formula is C6H14OTi. The van der Waals surface area contributed by atoms with E-state index in [9.17, 15) is 0 Å². The van der Waals surface area contributed by atoms with Gasteiger partial charge in [0.1, 0.15) is 0 Å². The molecule has 48 valence electrons. The van der Waals surface area contributed by atoms with Crippen molar-refractivity contribution >= 4 is 0 Å². The van der Waals surface area contributed by atoms with Gasteiger partial charge < -0.3 is 19.3 Å². The van der Waals surface area contributed by atoms with Crippen LogP contribution in [0.4, 0.5) is 0 Å². The van der Waals surface area contributed by atoms with Gasteiger partial charge in [0.15, 0.2) is 0 Å². The van der Waals surface area contributed by atoms with Gasteiger partial charge in [-0.15, -0.1) is 0 Å². The summed E-state index contributed by atoms with van der Waals surface area (Å²) in [5.41, 5.74) is 0. The van der Waals surface area contributed by atoms with Gasteiger partial charge in [-0.2, -0.15) is 12.8 Å². The molecule has 0 rings (SSSR count). The van der Waals surface area contributed by atoms with Crippen LogP contribution in [0.3, 0.4) is 0 Å².